The van der Waals surface area contributed by atoms with Gasteiger partial charge in [0.15, 0.2) is 0 Å². The van der Waals surface area contributed by atoms with E-state index in [9.17, 15) is 9.90 Å². The molecule has 0 radical (unpaired) electrons. The van der Waals surface area contributed by atoms with E-state index in [0.29, 0.717) is 0 Å². The summed E-state index contributed by atoms with van der Waals surface area (Å²) < 4.78 is 5.04. The van der Waals surface area contributed by atoms with Gasteiger partial charge in [-0.15, -0.1) is 0 Å². The number of aliphatic hydroxyl groups excluding tert-OH is 1. The largest absolute Gasteiger partial charge is 0.478 e. The number of hydrogen-bond acceptors (Lipinski definition) is 3. The van der Waals surface area contributed by atoms with E-state index in [4.69, 9.17) is 9.52 Å². The second kappa shape index (κ2) is 4.98. The Hall–Kier alpha value is -1.29. The Labute approximate surface area is 88.5 Å². The standard InChI is InChI=1S/C11H16O4/c1-3-7(4-2)9(12)10-8(11(13)14)5-6-15-10/h5-7,9,12H,3-4H2,1-2H3,(H,13,14). The van der Waals surface area contributed by atoms with Crippen LogP contribution in [0.1, 0.15) is 48.9 Å². The number of hydrogen-bond donors (Lipinski definition) is 2. The van der Waals surface area contributed by atoms with Gasteiger partial charge in [-0.25, -0.2) is 4.79 Å². The van der Waals surface area contributed by atoms with Gasteiger partial charge in [0.25, 0.3) is 0 Å². The third kappa shape index (κ3) is 2.39. The Kier molecular flexibility index (Phi) is 3.91. The molecule has 0 aliphatic heterocycles. The van der Waals surface area contributed by atoms with Crippen molar-refractivity contribution in [2.45, 2.75) is 32.8 Å². The molecule has 0 bridgehead atoms. The zero-order valence-corrected chi connectivity index (χ0v) is 8.93. The smallest absolute Gasteiger partial charge is 0.339 e. The van der Waals surface area contributed by atoms with Crippen molar-refractivity contribution in [2.24, 2.45) is 5.92 Å². The summed E-state index contributed by atoms with van der Waals surface area (Å²) in [4.78, 5) is 10.8. The Balaban J connectivity index is 2.94. The number of aliphatic hydroxyl groups is 1. The maximum atomic E-state index is 10.8. The lowest BCUT2D eigenvalue weighted by Gasteiger charge is -2.18. The second-order valence-electron chi connectivity index (χ2n) is 3.53. The Bertz CT molecular complexity index is 325. The van der Waals surface area contributed by atoms with E-state index in [2.05, 4.69) is 0 Å². The van der Waals surface area contributed by atoms with Gasteiger partial charge in [0.05, 0.1) is 6.26 Å². The molecule has 1 aromatic heterocycles. The van der Waals surface area contributed by atoms with Gasteiger partial charge in [0.2, 0.25) is 0 Å². The van der Waals surface area contributed by atoms with E-state index in [1.165, 1.54) is 12.3 Å². The maximum Gasteiger partial charge on any atom is 0.339 e. The van der Waals surface area contributed by atoms with Crippen LogP contribution in [0.15, 0.2) is 16.7 Å². The predicted molar refractivity (Wildman–Crippen MR) is 54.7 cm³/mol. The summed E-state index contributed by atoms with van der Waals surface area (Å²) in [5.41, 5.74) is 0.0504. The summed E-state index contributed by atoms with van der Waals surface area (Å²) in [5, 5.41) is 18.8. The monoisotopic (exact) mass is 212 g/mol. The van der Waals surface area contributed by atoms with Crippen molar-refractivity contribution < 1.29 is 19.4 Å². The number of carboxylic acids is 1. The van der Waals surface area contributed by atoms with Crippen LogP contribution in [-0.4, -0.2) is 16.2 Å². The van der Waals surface area contributed by atoms with E-state index in [0.717, 1.165) is 12.8 Å². The molecule has 1 atom stereocenters. The van der Waals surface area contributed by atoms with Gasteiger partial charge < -0.3 is 14.6 Å². The molecule has 0 aromatic carbocycles. The predicted octanol–water partition coefficient (Wildman–Crippen LogP) is 2.45. The molecule has 1 aromatic rings. The van der Waals surface area contributed by atoms with Crippen LogP contribution in [0.2, 0.25) is 0 Å². The highest BCUT2D eigenvalue weighted by atomic mass is 16.4. The molecular weight excluding hydrogens is 196 g/mol. The molecule has 1 unspecified atom stereocenters. The number of rotatable bonds is 5. The van der Waals surface area contributed by atoms with Crippen LogP contribution in [-0.2, 0) is 0 Å². The molecule has 0 saturated carbocycles. The van der Waals surface area contributed by atoms with E-state index in [1.807, 2.05) is 13.8 Å². The maximum absolute atomic E-state index is 10.8. The number of aromatic carboxylic acids is 1. The molecule has 0 spiro atoms. The summed E-state index contributed by atoms with van der Waals surface area (Å²) in [7, 11) is 0. The SMILES string of the molecule is CCC(CC)C(O)c1occc1C(=O)O. The molecule has 0 fully saturated rings. The summed E-state index contributed by atoms with van der Waals surface area (Å²) in [6, 6.07) is 1.36. The lowest BCUT2D eigenvalue weighted by atomic mass is 9.93. The zero-order valence-electron chi connectivity index (χ0n) is 8.93. The van der Waals surface area contributed by atoms with Crippen LogP contribution < -0.4 is 0 Å². The van der Waals surface area contributed by atoms with Crippen molar-refractivity contribution in [2.75, 3.05) is 0 Å². The molecular formula is C11H16O4. The topological polar surface area (TPSA) is 70.7 Å². The van der Waals surface area contributed by atoms with Crippen LogP contribution in [0.4, 0.5) is 0 Å². The average Bonchev–Trinajstić information content (AvgIpc) is 2.67. The summed E-state index contributed by atoms with van der Waals surface area (Å²) in [6.45, 7) is 3.92. The normalized spacial score (nSPS) is 13.1. The Morgan fingerprint density at radius 2 is 2.07 bits per heavy atom. The first-order chi connectivity index (χ1) is 7.11. The number of carboxylic acid groups (broad SMARTS) is 1. The van der Waals surface area contributed by atoms with Gasteiger partial charge in [0.1, 0.15) is 17.4 Å². The van der Waals surface area contributed by atoms with Crippen molar-refractivity contribution in [3.63, 3.8) is 0 Å². The minimum Gasteiger partial charge on any atom is -0.478 e. The minimum atomic E-state index is -1.07. The molecule has 15 heavy (non-hydrogen) atoms. The van der Waals surface area contributed by atoms with Gasteiger partial charge in [-0.05, 0) is 12.0 Å². The highest BCUT2D eigenvalue weighted by molar-refractivity contribution is 5.88. The summed E-state index contributed by atoms with van der Waals surface area (Å²) >= 11 is 0. The molecule has 1 rings (SSSR count). The van der Waals surface area contributed by atoms with Crippen molar-refractivity contribution in [1.82, 2.24) is 0 Å². The average molecular weight is 212 g/mol. The molecule has 84 valence electrons. The second-order valence-corrected chi connectivity index (χ2v) is 3.53. The van der Waals surface area contributed by atoms with Crippen molar-refractivity contribution in [3.8, 4) is 0 Å². The first-order valence-electron chi connectivity index (χ1n) is 5.10. The van der Waals surface area contributed by atoms with E-state index < -0.39 is 12.1 Å². The first kappa shape index (κ1) is 11.8. The zero-order chi connectivity index (χ0) is 11.4. The van der Waals surface area contributed by atoms with Gasteiger partial charge in [-0.1, -0.05) is 26.7 Å². The van der Waals surface area contributed by atoms with Crippen molar-refractivity contribution >= 4 is 5.97 Å². The highest BCUT2D eigenvalue weighted by Gasteiger charge is 2.25. The molecule has 0 amide bonds. The van der Waals surface area contributed by atoms with Crippen LogP contribution in [0.5, 0.6) is 0 Å². The highest BCUT2D eigenvalue weighted by Crippen LogP contribution is 2.29. The third-order valence-corrected chi connectivity index (χ3v) is 2.69. The van der Waals surface area contributed by atoms with Gasteiger partial charge in [-0.2, -0.15) is 0 Å². The Morgan fingerprint density at radius 3 is 2.53 bits per heavy atom. The van der Waals surface area contributed by atoms with E-state index >= 15 is 0 Å². The Morgan fingerprint density at radius 1 is 1.47 bits per heavy atom. The fourth-order valence-corrected chi connectivity index (χ4v) is 1.68. The lowest BCUT2D eigenvalue weighted by molar-refractivity contribution is 0.0638. The van der Waals surface area contributed by atoms with E-state index in [-0.39, 0.29) is 17.2 Å². The summed E-state index contributed by atoms with van der Waals surface area (Å²) in [5.74, 6) is -0.866. The van der Waals surface area contributed by atoms with Gasteiger partial charge in [-0.3, -0.25) is 0 Å². The fraction of sp³-hybridized carbons (Fsp3) is 0.545. The third-order valence-electron chi connectivity index (χ3n) is 2.69. The quantitative estimate of drug-likeness (QED) is 0.786. The number of carbonyl (C=O) groups is 1. The fourth-order valence-electron chi connectivity index (χ4n) is 1.68. The minimum absolute atomic E-state index is 0.0363. The molecule has 0 saturated heterocycles. The van der Waals surface area contributed by atoms with Gasteiger partial charge >= 0.3 is 5.97 Å². The number of furan rings is 1. The molecule has 0 aliphatic rings. The molecule has 4 heteroatoms. The molecule has 4 nitrogen and oxygen atoms in total. The van der Waals surface area contributed by atoms with Crippen molar-refractivity contribution in [1.29, 1.82) is 0 Å². The van der Waals surface area contributed by atoms with Crippen LogP contribution in [0.3, 0.4) is 0 Å². The van der Waals surface area contributed by atoms with Crippen molar-refractivity contribution in [3.05, 3.63) is 23.7 Å². The van der Waals surface area contributed by atoms with Crippen LogP contribution in [0.25, 0.3) is 0 Å². The molecule has 2 N–H and O–H groups in total. The van der Waals surface area contributed by atoms with Gasteiger partial charge in [0, 0.05) is 0 Å². The molecule has 0 aliphatic carbocycles. The summed E-state index contributed by atoms with van der Waals surface area (Å²) in [6.07, 6.45) is 2.04. The van der Waals surface area contributed by atoms with E-state index in [1.54, 1.807) is 0 Å². The van der Waals surface area contributed by atoms with Crippen LogP contribution in [0, 0.1) is 5.92 Å². The molecule has 1 heterocycles. The van der Waals surface area contributed by atoms with Crippen LogP contribution >= 0.6 is 0 Å². The first-order valence-corrected chi connectivity index (χ1v) is 5.10. The lowest BCUT2D eigenvalue weighted by Crippen LogP contribution is -2.13.